The summed E-state index contributed by atoms with van der Waals surface area (Å²) in [6, 6.07) is 0. The van der Waals surface area contributed by atoms with E-state index in [2.05, 4.69) is 24.9 Å². The maximum Gasteiger partial charge on any atom is -0.00489 e. The number of hydrogen-bond donors (Lipinski definition) is 2. The third kappa shape index (κ3) is 10.3. The van der Waals surface area contributed by atoms with E-state index in [1.54, 1.807) is 0 Å². The zero-order chi connectivity index (χ0) is 8.36. The van der Waals surface area contributed by atoms with Gasteiger partial charge in [0.15, 0.2) is 0 Å². The van der Waals surface area contributed by atoms with Gasteiger partial charge in [-0.15, -0.1) is 0 Å². The number of nitrogens with one attached hydrogen (secondary N) is 1. The van der Waals surface area contributed by atoms with E-state index < -0.39 is 0 Å². The summed E-state index contributed by atoms with van der Waals surface area (Å²) in [5.41, 5.74) is 0. The van der Waals surface area contributed by atoms with E-state index in [0.29, 0.717) is 0 Å². The maximum absolute atomic E-state index is 4.16. The molecule has 68 valence electrons. The molecule has 0 radical (unpaired) electrons. The lowest BCUT2D eigenvalue weighted by Crippen LogP contribution is -2.15. The Morgan fingerprint density at radius 1 is 1.00 bits per heavy atom. The second kappa shape index (κ2) is 10.3. The highest BCUT2D eigenvalue weighted by molar-refractivity contribution is 7.80. The molecule has 11 heavy (non-hydrogen) atoms. The maximum atomic E-state index is 4.16. The Morgan fingerprint density at radius 3 is 2.36 bits per heavy atom. The van der Waals surface area contributed by atoms with Crippen molar-refractivity contribution >= 4 is 12.6 Å². The molecule has 0 saturated heterocycles. The van der Waals surface area contributed by atoms with Gasteiger partial charge in [0.1, 0.15) is 0 Å². The minimum atomic E-state index is 1.04. The van der Waals surface area contributed by atoms with Crippen molar-refractivity contribution in [3.8, 4) is 0 Å². The monoisotopic (exact) mass is 175 g/mol. The second-order valence-corrected chi connectivity index (χ2v) is 3.34. The standard InChI is InChI=1S/C9H21NS/c1-2-7-10-8-5-3-4-6-9-11/h10-11H,2-9H2,1H3. The van der Waals surface area contributed by atoms with Crippen LogP contribution in [-0.2, 0) is 0 Å². The molecule has 0 atom stereocenters. The fourth-order valence-electron chi connectivity index (χ4n) is 1.02. The van der Waals surface area contributed by atoms with Crippen LogP contribution >= 0.6 is 12.6 Å². The Balaban J connectivity index is 2.69. The molecule has 0 amide bonds. The molecule has 0 unspecified atom stereocenters. The molecule has 2 heteroatoms. The van der Waals surface area contributed by atoms with Gasteiger partial charge in [-0.25, -0.2) is 0 Å². The van der Waals surface area contributed by atoms with Gasteiger partial charge in [-0.05, 0) is 38.1 Å². The van der Waals surface area contributed by atoms with Gasteiger partial charge < -0.3 is 5.32 Å². The smallest absolute Gasteiger partial charge is 0.00489 e. The number of rotatable bonds is 8. The fraction of sp³-hybridized carbons (Fsp3) is 1.00. The highest BCUT2D eigenvalue weighted by atomic mass is 32.1. The van der Waals surface area contributed by atoms with Crippen LogP contribution in [0.15, 0.2) is 0 Å². The van der Waals surface area contributed by atoms with Crippen molar-refractivity contribution in [3.63, 3.8) is 0 Å². The molecule has 0 fully saturated rings. The largest absolute Gasteiger partial charge is 0.317 e. The molecule has 0 aromatic heterocycles. The van der Waals surface area contributed by atoms with E-state index in [0.717, 1.165) is 5.75 Å². The molecule has 0 rings (SSSR count). The van der Waals surface area contributed by atoms with Gasteiger partial charge in [0.2, 0.25) is 0 Å². The van der Waals surface area contributed by atoms with Gasteiger partial charge in [0, 0.05) is 0 Å². The first-order valence-electron chi connectivity index (χ1n) is 4.73. The van der Waals surface area contributed by atoms with Gasteiger partial charge >= 0.3 is 0 Å². The summed E-state index contributed by atoms with van der Waals surface area (Å²) in [5, 5.41) is 3.39. The summed E-state index contributed by atoms with van der Waals surface area (Å²) in [5.74, 6) is 1.04. The predicted octanol–water partition coefficient (Wildman–Crippen LogP) is 2.48. The van der Waals surface area contributed by atoms with E-state index in [9.17, 15) is 0 Å². The molecule has 0 aromatic carbocycles. The Morgan fingerprint density at radius 2 is 1.73 bits per heavy atom. The first kappa shape index (κ1) is 11.3. The summed E-state index contributed by atoms with van der Waals surface area (Å²) in [6.07, 6.45) is 6.55. The Labute approximate surface area is 76.4 Å². The van der Waals surface area contributed by atoms with Crippen molar-refractivity contribution < 1.29 is 0 Å². The Kier molecular flexibility index (Phi) is 10.6. The first-order chi connectivity index (χ1) is 5.41. The van der Waals surface area contributed by atoms with E-state index in [1.165, 1.54) is 45.2 Å². The van der Waals surface area contributed by atoms with Crippen molar-refractivity contribution in [2.75, 3.05) is 18.8 Å². The van der Waals surface area contributed by atoms with E-state index in [-0.39, 0.29) is 0 Å². The fourth-order valence-corrected chi connectivity index (χ4v) is 1.24. The summed E-state index contributed by atoms with van der Waals surface area (Å²) >= 11 is 4.16. The highest BCUT2D eigenvalue weighted by Crippen LogP contribution is 1.99. The second-order valence-electron chi connectivity index (χ2n) is 2.89. The van der Waals surface area contributed by atoms with Crippen molar-refractivity contribution in [1.82, 2.24) is 5.32 Å². The van der Waals surface area contributed by atoms with Crippen molar-refractivity contribution in [1.29, 1.82) is 0 Å². The normalized spacial score (nSPS) is 10.4. The van der Waals surface area contributed by atoms with Crippen molar-refractivity contribution in [2.45, 2.75) is 39.0 Å². The quantitative estimate of drug-likeness (QED) is 0.426. The number of hydrogen-bond acceptors (Lipinski definition) is 2. The van der Waals surface area contributed by atoms with Crippen LogP contribution < -0.4 is 5.32 Å². The molecular weight excluding hydrogens is 154 g/mol. The summed E-state index contributed by atoms with van der Waals surface area (Å²) in [6.45, 7) is 4.57. The third-order valence-corrected chi connectivity index (χ3v) is 2.00. The highest BCUT2D eigenvalue weighted by Gasteiger charge is 1.87. The molecule has 0 aliphatic carbocycles. The van der Waals surface area contributed by atoms with Gasteiger partial charge in [0.25, 0.3) is 0 Å². The van der Waals surface area contributed by atoms with Crippen LogP contribution in [0.3, 0.4) is 0 Å². The average molecular weight is 175 g/mol. The lowest BCUT2D eigenvalue weighted by atomic mass is 10.2. The van der Waals surface area contributed by atoms with Crippen molar-refractivity contribution in [2.24, 2.45) is 0 Å². The minimum absolute atomic E-state index is 1.04. The van der Waals surface area contributed by atoms with Crippen LogP contribution in [-0.4, -0.2) is 18.8 Å². The van der Waals surface area contributed by atoms with Crippen LogP contribution in [0.4, 0.5) is 0 Å². The van der Waals surface area contributed by atoms with Gasteiger partial charge in [0.05, 0.1) is 0 Å². The topological polar surface area (TPSA) is 12.0 Å². The molecule has 0 heterocycles. The molecule has 0 saturated carbocycles. The van der Waals surface area contributed by atoms with Crippen molar-refractivity contribution in [3.05, 3.63) is 0 Å². The average Bonchev–Trinajstić information content (AvgIpc) is 2.03. The predicted molar refractivity (Wildman–Crippen MR) is 55.5 cm³/mol. The molecular formula is C9H21NS. The van der Waals surface area contributed by atoms with Crippen LogP contribution in [0.1, 0.15) is 39.0 Å². The lowest BCUT2D eigenvalue weighted by molar-refractivity contribution is 0.596. The van der Waals surface area contributed by atoms with Crippen LogP contribution in [0.2, 0.25) is 0 Å². The number of thiol groups is 1. The zero-order valence-electron chi connectivity index (χ0n) is 7.60. The lowest BCUT2D eigenvalue weighted by Gasteiger charge is -2.01. The molecule has 0 bridgehead atoms. The van der Waals surface area contributed by atoms with Gasteiger partial charge in [-0.2, -0.15) is 12.6 Å². The molecule has 0 spiro atoms. The Hall–Kier alpha value is 0.310. The molecule has 0 aliphatic heterocycles. The molecule has 0 aliphatic rings. The Bertz CT molecular complexity index is 58.6. The van der Waals surface area contributed by atoms with E-state index in [4.69, 9.17) is 0 Å². The van der Waals surface area contributed by atoms with Gasteiger partial charge in [-0.3, -0.25) is 0 Å². The van der Waals surface area contributed by atoms with Crippen LogP contribution in [0.25, 0.3) is 0 Å². The third-order valence-electron chi connectivity index (χ3n) is 1.69. The van der Waals surface area contributed by atoms with E-state index >= 15 is 0 Å². The van der Waals surface area contributed by atoms with Gasteiger partial charge in [-0.1, -0.05) is 19.8 Å². The minimum Gasteiger partial charge on any atom is -0.317 e. The molecule has 0 aromatic rings. The first-order valence-corrected chi connectivity index (χ1v) is 5.36. The van der Waals surface area contributed by atoms with Crippen LogP contribution in [0, 0.1) is 0 Å². The zero-order valence-corrected chi connectivity index (χ0v) is 8.50. The van der Waals surface area contributed by atoms with E-state index in [1.807, 2.05) is 0 Å². The summed E-state index contributed by atoms with van der Waals surface area (Å²) in [7, 11) is 0. The molecule has 1 N–H and O–H groups in total. The number of unbranched alkanes of at least 4 members (excludes halogenated alkanes) is 3. The molecule has 1 nitrogen and oxygen atoms in total. The SMILES string of the molecule is CCCNCCCCCCS. The summed E-state index contributed by atoms with van der Waals surface area (Å²) in [4.78, 5) is 0. The van der Waals surface area contributed by atoms with Crippen LogP contribution in [0.5, 0.6) is 0 Å². The summed E-state index contributed by atoms with van der Waals surface area (Å²) < 4.78 is 0.